The van der Waals surface area contributed by atoms with E-state index in [1.807, 2.05) is 0 Å². The summed E-state index contributed by atoms with van der Waals surface area (Å²) in [5.41, 5.74) is 4.53. The van der Waals surface area contributed by atoms with E-state index in [9.17, 15) is 27.2 Å². The zero-order valence-corrected chi connectivity index (χ0v) is 16.7. The van der Waals surface area contributed by atoms with Crippen LogP contribution in [0, 0.1) is 5.82 Å². The maximum Gasteiger partial charge on any atom is 0.416 e. The molecule has 2 N–H and O–H groups in total. The minimum absolute atomic E-state index is 0.117. The fourth-order valence-corrected chi connectivity index (χ4v) is 2.84. The molecule has 0 aliphatic rings. The minimum atomic E-state index is -4.47. The van der Waals surface area contributed by atoms with Crippen molar-refractivity contribution < 1.29 is 31.9 Å². The van der Waals surface area contributed by atoms with E-state index in [1.165, 1.54) is 43.3 Å². The molecule has 0 aliphatic heterocycles. The van der Waals surface area contributed by atoms with Crippen LogP contribution < -0.4 is 15.6 Å². The van der Waals surface area contributed by atoms with E-state index in [0.29, 0.717) is 11.1 Å². The summed E-state index contributed by atoms with van der Waals surface area (Å²) in [4.78, 5) is 24.8. The van der Waals surface area contributed by atoms with Gasteiger partial charge in [0.25, 0.3) is 11.8 Å². The SMILES string of the molecule is CC(Oc1ccccc1F)C(=O)NNC(=O)c1ccccc1-c1ccc(C(F)(F)F)cc1. The van der Waals surface area contributed by atoms with Gasteiger partial charge in [0.1, 0.15) is 0 Å². The summed E-state index contributed by atoms with van der Waals surface area (Å²) < 4.78 is 57.3. The van der Waals surface area contributed by atoms with Crippen LogP contribution in [0.25, 0.3) is 11.1 Å². The van der Waals surface area contributed by atoms with Gasteiger partial charge in [0.2, 0.25) is 0 Å². The summed E-state index contributed by atoms with van der Waals surface area (Å²) in [7, 11) is 0. The van der Waals surface area contributed by atoms with Crippen LogP contribution in [-0.4, -0.2) is 17.9 Å². The van der Waals surface area contributed by atoms with Crippen LogP contribution in [0.2, 0.25) is 0 Å². The molecular weight excluding hydrogens is 428 g/mol. The number of hydrazine groups is 1. The molecule has 0 spiro atoms. The second kappa shape index (κ2) is 9.51. The van der Waals surface area contributed by atoms with Crippen molar-refractivity contribution >= 4 is 11.8 Å². The highest BCUT2D eigenvalue weighted by molar-refractivity contribution is 6.01. The van der Waals surface area contributed by atoms with Crippen LogP contribution in [-0.2, 0) is 11.0 Å². The largest absolute Gasteiger partial charge is 0.478 e. The van der Waals surface area contributed by atoms with Gasteiger partial charge in [-0.2, -0.15) is 13.2 Å². The minimum Gasteiger partial charge on any atom is -0.478 e. The molecule has 3 aromatic carbocycles. The van der Waals surface area contributed by atoms with Gasteiger partial charge in [-0.25, -0.2) is 4.39 Å². The van der Waals surface area contributed by atoms with Gasteiger partial charge in [0.05, 0.1) is 5.56 Å². The molecule has 5 nitrogen and oxygen atoms in total. The number of hydrogen-bond acceptors (Lipinski definition) is 3. The van der Waals surface area contributed by atoms with Crippen molar-refractivity contribution in [3.63, 3.8) is 0 Å². The molecule has 1 unspecified atom stereocenters. The van der Waals surface area contributed by atoms with E-state index in [2.05, 4.69) is 10.9 Å². The van der Waals surface area contributed by atoms with Crippen molar-refractivity contribution in [2.75, 3.05) is 0 Å². The number of alkyl halides is 3. The van der Waals surface area contributed by atoms with E-state index >= 15 is 0 Å². The van der Waals surface area contributed by atoms with E-state index in [0.717, 1.165) is 12.1 Å². The third-order valence-corrected chi connectivity index (χ3v) is 4.50. The lowest BCUT2D eigenvalue weighted by Crippen LogP contribution is -2.47. The molecule has 0 bridgehead atoms. The first kappa shape index (κ1) is 22.8. The summed E-state index contributed by atoms with van der Waals surface area (Å²) in [6.07, 6.45) is -5.58. The van der Waals surface area contributed by atoms with Crippen molar-refractivity contribution in [1.29, 1.82) is 0 Å². The van der Waals surface area contributed by atoms with Crippen LogP contribution in [0.4, 0.5) is 17.6 Å². The van der Waals surface area contributed by atoms with E-state index in [1.54, 1.807) is 24.3 Å². The number of carbonyl (C=O) groups is 2. The second-order valence-corrected chi connectivity index (χ2v) is 6.75. The normalized spacial score (nSPS) is 12.0. The standard InChI is InChI=1S/C23H18F4N2O3/c1-14(32-20-9-5-4-8-19(20)24)21(30)28-29-22(31)18-7-3-2-6-17(18)15-10-12-16(13-11-15)23(25,26)27/h2-14H,1H3,(H,28,30)(H,29,31). The van der Waals surface area contributed by atoms with Crippen LogP contribution in [0.3, 0.4) is 0 Å². The molecule has 0 saturated heterocycles. The zero-order chi connectivity index (χ0) is 23.3. The molecule has 0 heterocycles. The van der Waals surface area contributed by atoms with Gasteiger partial charge in [0.15, 0.2) is 17.7 Å². The first-order valence-electron chi connectivity index (χ1n) is 9.45. The van der Waals surface area contributed by atoms with Crippen molar-refractivity contribution in [2.24, 2.45) is 0 Å². The Kier molecular flexibility index (Phi) is 6.77. The van der Waals surface area contributed by atoms with Gasteiger partial charge < -0.3 is 4.74 Å². The van der Waals surface area contributed by atoms with Gasteiger partial charge >= 0.3 is 6.18 Å². The average Bonchev–Trinajstić information content (AvgIpc) is 2.78. The highest BCUT2D eigenvalue weighted by Gasteiger charge is 2.30. The fourth-order valence-electron chi connectivity index (χ4n) is 2.84. The van der Waals surface area contributed by atoms with E-state index in [4.69, 9.17) is 4.74 Å². The number of ether oxygens (including phenoxy) is 1. The molecule has 0 saturated carbocycles. The Morgan fingerprint density at radius 1 is 0.875 bits per heavy atom. The smallest absolute Gasteiger partial charge is 0.416 e. The predicted octanol–water partition coefficient (Wildman–Crippen LogP) is 4.74. The van der Waals surface area contributed by atoms with Crippen LogP contribution in [0.5, 0.6) is 5.75 Å². The van der Waals surface area contributed by atoms with Crippen molar-refractivity contribution in [2.45, 2.75) is 19.2 Å². The number of carbonyl (C=O) groups excluding carboxylic acids is 2. The number of benzene rings is 3. The van der Waals surface area contributed by atoms with Gasteiger partial charge in [-0.15, -0.1) is 0 Å². The third kappa shape index (κ3) is 5.42. The monoisotopic (exact) mass is 446 g/mol. The Morgan fingerprint density at radius 3 is 2.16 bits per heavy atom. The Labute approximate surface area is 181 Å². The van der Waals surface area contributed by atoms with Crippen molar-refractivity contribution in [1.82, 2.24) is 10.9 Å². The molecule has 2 amide bonds. The lowest BCUT2D eigenvalue weighted by Gasteiger charge is -2.16. The Balaban J connectivity index is 1.68. The maximum absolute atomic E-state index is 13.7. The van der Waals surface area contributed by atoms with Crippen LogP contribution >= 0.6 is 0 Å². The molecule has 0 fully saturated rings. The summed E-state index contributed by atoms with van der Waals surface area (Å²) in [6, 6.07) is 16.2. The molecule has 0 aromatic heterocycles. The number of hydrogen-bond donors (Lipinski definition) is 2. The van der Waals surface area contributed by atoms with E-state index in [-0.39, 0.29) is 11.3 Å². The van der Waals surface area contributed by atoms with Gasteiger partial charge in [-0.05, 0) is 48.4 Å². The van der Waals surface area contributed by atoms with Crippen molar-refractivity contribution in [3.8, 4) is 16.9 Å². The molecule has 0 aliphatic carbocycles. The van der Waals surface area contributed by atoms with Gasteiger partial charge in [-0.1, -0.05) is 42.5 Å². The summed E-state index contributed by atoms with van der Waals surface area (Å²) in [5, 5.41) is 0. The fraction of sp³-hybridized carbons (Fsp3) is 0.130. The van der Waals surface area contributed by atoms with Gasteiger partial charge in [-0.3, -0.25) is 20.4 Å². The summed E-state index contributed by atoms with van der Waals surface area (Å²) in [6.45, 7) is 1.38. The first-order chi connectivity index (χ1) is 15.2. The molecular formula is C23H18F4N2O3. The molecule has 9 heteroatoms. The number of para-hydroxylation sites is 1. The zero-order valence-electron chi connectivity index (χ0n) is 16.7. The molecule has 166 valence electrons. The van der Waals surface area contributed by atoms with Crippen molar-refractivity contribution in [3.05, 3.63) is 89.7 Å². The quantitative estimate of drug-likeness (QED) is 0.440. The average molecular weight is 446 g/mol. The summed E-state index contributed by atoms with van der Waals surface area (Å²) in [5.74, 6) is -2.17. The molecule has 32 heavy (non-hydrogen) atoms. The predicted molar refractivity (Wildman–Crippen MR) is 109 cm³/mol. The lowest BCUT2D eigenvalue weighted by atomic mass is 9.98. The topological polar surface area (TPSA) is 67.4 Å². The first-order valence-corrected chi connectivity index (χ1v) is 9.45. The number of rotatable bonds is 5. The Bertz CT molecular complexity index is 1110. The maximum atomic E-state index is 13.7. The highest BCUT2D eigenvalue weighted by atomic mass is 19.4. The second-order valence-electron chi connectivity index (χ2n) is 6.75. The third-order valence-electron chi connectivity index (χ3n) is 4.50. The van der Waals surface area contributed by atoms with E-state index < -0.39 is 35.5 Å². The highest BCUT2D eigenvalue weighted by Crippen LogP contribution is 2.31. The molecule has 0 radical (unpaired) electrons. The van der Waals surface area contributed by atoms with Crippen LogP contribution in [0.15, 0.2) is 72.8 Å². The number of amides is 2. The Morgan fingerprint density at radius 2 is 1.50 bits per heavy atom. The van der Waals surface area contributed by atoms with Gasteiger partial charge in [0, 0.05) is 5.56 Å². The molecule has 3 rings (SSSR count). The molecule has 1 atom stereocenters. The van der Waals surface area contributed by atoms with Crippen LogP contribution in [0.1, 0.15) is 22.8 Å². The summed E-state index contributed by atoms with van der Waals surface area (Å²) >= 11 is 0. The Hall–Kier alpha value is -3.88. The number of halogens is 4. The lowest BCUT2D eigenvalue weighted by molar-refractivity contribution is -0.137. The number of nitrogens with one attached hydrogen (secondary N) is 2. The molecule has 3 aromatic rings.